The number of aliphatic hydroxyl groups is 2. The lowest BCUT2D eigenvalue weighted by molar-refractivity contribution is 0.0897. The molecule has 4 heterocycles. The molecule has 0 saturated heterocycles. The molecule has 3 N–H and O–H groups in total. The van der Waals surface area contributed by atoms with Crippen molar-refractivity contribution in [3.8, 4) is 11.5 Å². The molecule has 158 valence electrons. The van der Waals surface area contributed by atoms with E-state index in [2.05, 4.69) is 29.6 Å². The summed E-state index contributed by atoms with van der Waals surface area (Å²) in [5.74, 6) is 1.63. The molecular formula is C20H18N6O3S2. The monoisotopic (exact) mass is 454 g/mol. The van der Waals surface area contributed by atoms with Gasteiger partial charge in [-0.3, -0.25) is 4.98 Å². The third kappa shape index (κ3) is 5.33. The maximum atomic E-state index is 9.71. The predicted molar refractivity (Wildman–Crippen MR) is 117 cm³/mol. The van der Waals surface area contributed by atoms with Gasteiger partial charge in [-0.25, -0.2) is 15.0 Å². The van der Waals surface area contributed by atoms with Crippen LogP contribution in [0.3, 0.4) is 0 Å². The summed E-state index contributed by atoms with van der Waals surface area (Å²) in [5.41, 5.74) is 0.737. The first-order chi connectivity index (χ1) is 15.1. The van der Waals surface area contributed by atoms with Crippen molar-refractivity contribution in [1.82, 2.24) is 24.3 Å². The molecule has 0 aliphatic carbocycles. The summed E-state index contributed by atoms with van der Waals surface area (Å²) in [6.45, 7) is 1.40. The number of rotatable bonds is 8. The number of ether oxygens (including phenoxy) is 1. The lowest BCUT2D eigenvalue weighted by Gasteiger charge is -2.13. The summed E-state index contributed by atoms with van der Waals surface area (Å²) in [7, 11) is 0. The van der Waals surface area contributed by atoms with Gasteiger partial charge >= 0.3 is 0 Å². The van der Waals surface area contributed by atoms with Gasteiger partial charge in [-0.05, 0) is 31.2 Å². The van der Waals surface area contributed by atoms with Crippen LogP contribution in [0.4, 0.5) is 10.9 Å². The van der Waals surface area contributed by atoms with Crippen molar-refractivity contribution in [3.63, 3.8) is 0 Å². The molecule has 4 aromatic heterocycles. The highest BCUT2D eigenvalue weighted by atomic mass is 32.2. The first-order valence-corrected chi connectivity index (χ1v) is 10.8. The predicted octanol–water partition coefficient (Wildman–Crippen LogP) is 3.74. The number of hydrogen-bond acceptors (Lipinski definition) is 11. The van der Waals surface area contributed by atoms with Crippen molar-refractivity contribution < 1.29 is 14.9 Å². The van der Waals surface area contributed by atoms with Gasteiger partial charge in [0.1, 0.15) is 16.9 Å². The molecule has 0 saturated carbocycles. The van der Waals surface area contributed by atoms with Gasteiger partial charge in [-0.1, -0.05) is 17.8 Å². The number of nitrogens with zero attached hydrogens (tertiary/aromatic N) is 5. The van der Waals surface area contributed by atoms with E-state index < -0.39 is 12.7 Å². The Labute approximate surface area is 186 Å². The zero-order valence-corrected chi connectivity index (χ0v) is 18.0. The second kappa shape index (κ2) is 9.79. The summed E-state index contributed by atoms with van der Waals surface area (Å²) in [5, 5.41) is 23.1. The number of anilines is 2. The number of aliphatic hydroxyl groups excluding tert-OH is 2. The molecule has 0 aliphatic rings. The van der Waals surface area contributed by atoms with Crippen LogP contribution in [0, 0.1) is 6.92 Å². The Morgan fingerprint density at radius 2 is 2.00 bits per heavy atom. The Kier molecular flexibility index (Phi) is 6.67. The molecule has 1 unspecified atom stereocenters. The molecule has 1 atom stereocenters. The number of pyridine rings is 3. The fourth-order valence-corrected chi connectivity index (χ4v) is 3.87. The fourth-order valence-electron chi connectivity index (χ4n) is 2.48. The highest BCUT2D eigenvalue weighted by molar-refractivity contribution is 7.99. The molecule has 0 aliphatic heterocycles. The molecule has 9 nitrogen and oxygen atoms in total. The van der Waals surface area contributed by atoms with Crippen LogP contribution < -0.4 is 10.1 Å². The molecule has 0 aromatic carbocycles. The summed E-state index contributed by atoms with van der Waals surface area (Å²) >= 11 is 2.51. The van der Waals surface area contributed by atoms with Crippen LogP contribution in [-0.2, 0) is 0 Å². The molecular weight excluding hydrogens is 436 g/mol. The number of hydrogen-bond donors (Lipinski definition) is 3. The van der Waals surface area contributed by atoms with E-state index in [0.29, 0.717) is 22.4 Å². The van der Waals surface area contributed by atoms with E-state index in [-0.39, 0.29) is 5.82 Å². The molecule has 31 heavy (non-hydrogen) atoms. The number of aryl methyl sites for hydroxylation is 1. The molecule has 11 heteroatoms. The van der Waals surface area contributed by atoms with E-state index in [1.54, 1.807) is 24.7 Å². The molecule has 0 fully saturated rings. The normalized spacial score (nSPS) is 11.8. The largest absolute Gasteiger partial charge is 0.452 e. The second-order valence-corrected chi connectivity index (χ2v) is 8.10. The number of aromatic nitrogens is 5. The lowest BCUT2D eigenvalue weighted by Crippen LogP contribution is -2.04. The Morgan fingerprint density at radius 1 is 1.13 bits per heavy atom. The summed E-state index contributed by atoms with van der Waals surface area (Å²) < 4.78 is 10.2. The lowest BCUT2D eigenvalue weighted by atomic mass is 10.3. The minimum Gasteiger partial charge on any atom is -0.452 e. The Morgan fingerprint density at radius 3 is 2.77 bits per heavy atom. The fraction of sp³-hybridized carbons (Fsp3) is 0.150. The first-order valence-electron chi connectivity index (χ1n) is 9.20. The van der Waals surface area contributed by atoms with E-state index in [0.717, 1.165) is 27.1 Å². The molecule has 0 amide bonds. The van der Waals surface area contributed by atoms with Gasteiger partial charge in [0.15, 0.2) is 17.4 Å². The molecule has 0 bridgehead atoms. The van der Waals surface area contributed by atoms with E-state index in [9.17, 15) is 5.11 Å². The smallest absolute Gasteiger partial charge is 0.208 e. The van der Waals surface area contributed by atoms with Crippen LogP contribution in [-0.4, -0.2) is 41.1 Å². The molecule has 0 radical (unpaired) electrons. The van der Waals surface area contributed by atoms with Crippen molar-refractivity contribution in [3.05, 3.63) is 66.5 Å². The van der Waals surface area contributed by atoms with Gasteiger partial charge < -0.3 is 20.3 Å². The van der Waals surface area contributed by atoms with E-state index in [1.807, 2.05) is 37.3 Å². The van der Waals surface area contributed by atoms with Gasteiger partial charge in [-0.2, -0.15) is 4.37 Å². The van der Waals surface area contributed by atoms with E-state index in [4.69, 9.17) is 9.84 Å². The van der Waals surface area contributed by atoms with Crippen LogP contribution in [0.2, 0.25) is 0 Å². The average Bonchev–Trinajstić information content (AvgIpc) is 3.26. The Balaban J connectivity index is 1.64. The van der Waals surface area contributed by atoms with Crippen LogP contribution in [0.25, 0.3) is 0 Å². The maximum Gasteiger partial charge on any atom is 0.208 e. The molecule has 0 spiro atoms. The summed E-state index contributed by atoms with van der Waals surface area (Å²) in [6, 6.07) is 11.2. The number of nitrogens with one attached hydrogen (secondary N) is 1. The zero-order chi connectivity index (χ0) is 21.6. The van der Waals surface area contributed by atoms with E-state index in [1.165, 1.54) is 11.8 Å². The average molecular weight is 455 g/mol. The van der Waals surface area contributed by atoms with Gasteiger partial charge in [0, 0.05) is 41.1 Å². The second-order valence-electron chi connectivity index (χ2n) is 6.26. The zero-order valence-electron chi connectivity index (χ0n) is 16.3. The third-order valence-corrected chi connectivity index (χ3v) is 5.56. The highest BCUT2D eigenvalue weighted by Crippen LogP contribution is 2.36. The molecule has 4 aromatic rings. The third-order valence-electron chi connectivity index (χ3n) is 4.00. The quantitative estimate of drug-likeness (QED) is 0.362. The summed E-state index contributed by atoms with van der Waals surface area (Å²) in [4.78, 5) is 18.1. The Hall–Kier alpha value is -3.12. The highest BCUT2D eigenvalue weighted by Gasteiger charge is 2.16. The maximum absolute atomic E-state index is 9.71. The molecule has 4 rings (SSSR count). The standard InChI is InChI=1S/C20H18N6O3S2/c1-12-15(5-4-8-21-12)29-16-9-13(30-17-6-2-3-7-22-17)10-23-19(16)25-20-24-18(26-31-20)14(28)11-27/h2-10,14,27-28H,11H2,1H3,(H,23,24,25,26). The van der Waals surface area contributed by atoms with Crippen LogP contribution in [0.1, 0.15) is 17.6 Å². The van der Waals surface area contributed by atoms with E-state index >= 15 is 0 Å². The van der Waals surface area contributed by atoms with Gasteiger partial charge in [0.2, 0.25) is 5.13 Å². The van der Waals surface area contributed by atoms with Gasteiger partial charge in [0.05, 0.1) is 12.3 Å². The van der Waals surface area contributed by atoms with Crippen LogP contribution >= 0.6 is 23.3 Å². The topological polar surface area (TPSA) is 126 Å². The van der Waals surface area contributed by atoms with Crippen LogP contribution in [0.15, 0.2) is 64.9 Å². The van der Waals surface area contributed by atoms with Crippen LogP contribution in [0.5, 0.6) is 11.5 Å². The minimum absolute atomic E-state index is 0.142. The SMILES string of the molecule is Cc1ncccc1Oc1cc(Sc2ccccn2)cnc1Nc1nc(C(O)CO)ns1. The van der Waals surface area contributed by atoms with Crippen molar-refractivity contribution >= 4 is 34.2 Å². The van der Waals surface area contributed by atoms with Gasteiger partial charge in [0.25, 0.3) is 0 Å². The summed E-state index contributed by atoms with van der Waals surface area (Å²) in [6.07, 6.45) is 4.00. The van der Waals surface area contributed by atoms with Crippen molar-refractivity contribution in [1.29, 1.82) is 0 Å². The first kappa shape index (κ1) is 21.1. The van der Waals surface area contributed by atoms with Crippen molar-refractivity contribution in [2.45, 2.75) is 22.9 Å². The Bertz CT molecular complexity index is 1160. The van der Waals surface area contributed by atoms with Crippen molar-refractivity contribution in [2.75, 3.05) is 11.9 Å². The minimum atomic E-state index is -1.13. The van der Waals surface area contributed by atoms with Crippen molar-refractivity contribution in [2.24, 2.45) is 0 Å². The van der Waals surface area contributed by atoms with Gasteiger partial charge in [-0.15, -0.1) is 0 Å².